The predicted octanol–water partition coefficient (Wildman–Crippen LogP) is 5.03. The van der Waals surface area contributed by atoms with E-state index in [0.29, 0.717) is 10.7 Å². The SMILES string of the molecule is CC1(C)N=C(c2cnn3c(Cl)ccc3c2)c2cccc(F)c2C1(C)C. The lowest BCUT2D eigenvalue weighted by Gasteiger charge is -2.44. The molecule has 25 heavy (non-hydrogen) atoms. The Balaban J connectivity index is 2.00. The molecule has 5 heteroatoms. The summed E-state index contributed by atoms with van der Waals surface area (Å²) in [6, 6.07) is 10.9. The van der Waals surface area contributed by atoms with Gasteiger partial charge in [-0.2, -0.15) is 5.10 Å². The lowest BCUT2D eigenvalue weighted by Crippen LogP contribution is -2.46. The van der Waals surface area contributed by atoms with E-state index in [1.165, 1.54) is 6.07 Å². The highest BCUT2D eigenvalue weighted by atomic mass is 35.5. The molecule has 0 aliphatic carbocycles. The van der Waals surface area contributed by atoms with Crippen LogP contribution in [-0.4, -0.2) is 20.9 Å². The van der Waals surface area contributed by atoms with Crippen LogP contribution in [0.2, 0.25) is 5.15 Å². The maximum Gasteiger partial charge on any atom is 0.131 e. The minimum atomic E-state index is -0.455. The summed E-state index contributed by atoms with van der Waals surface area (Å²) in [6.07, 6.45) is 1.74. The molecule has 3 nitrogen and oxygen atoms in total. The molecule has 0 fully saturated rings. The molecule has 128 valence electrons. The van der Waals surface area contributed by atoms with Crippen LogP contribution in [0.1, 0.15) is 44.4 Å². The molecule has 4 rings (SSSR count). The van der Waals surface area contributed by atoms with Gasteiger partial charge in [-0.3, -0.25) is 4.99 Å². The molecule has 3 aromatic rings. The fraction of sp³-hybridized carbons (Fsp3) is 0.300. The summed E-state index contributed by atoms with van der Waals surface area (Å²) in [5.74, 6) is -0.192. The van der Waals surface area contributed by atoms with Crippen LogP contribution in [0.15, 0.2) is 47.6 Å². The molecule has 0 radical (unpaired) electrons. The molecular formula is C20H19ClFN3. The quantitative estimate of drug-likeness (QED) is 0.601. The zero-order valence-electron chi connectivity index (χ0n) is 14.6. The van der Waals surface area contributed by atoms with Crippen LogP contribution in [0.5, 0.6) is 0 Å². The summed E-state index contributed by atoms with van der Waals surface area (Å²) < 4.78 is 16.4. The fourth-order valence-corrected chi connectivity index (χ4v) is 3.66. The van der Waals surface area contributed by atoms with Crippen molar-refractivity contribution < 1.29 is 4.39 Å². The van der Waals surface area contributed by atoms with Gasteiger partial charge in [0.2, 0.25) is 0 Å². The monoisotopic (exact) mass is 355 g/mol. The van der Waals surface area contributed by atoms with Crippen LogP contribution < -0.4 is 0 Å². The van der Waals surface area contributed by atoms with Gasteiger partial charge >= 0.3 is 0 Å². The zero-order valence-corrected chi connectivity index (χ0v) is 15.4. The van der Waals surface area contributed by atoms with E-state index < -0.39 is 11.0 Å². The van der Waals surface area contributed by atoms with E-state index in [2.05, 4.69) is 5.10 Å². The van der Waals surface area contributed by atoms with E-state index in [1.807, 2.05) is 45.9 Å². The largest absolute Gasteiger partial charge is 0.277 e. The van der Waals surface area contributed by atoms with Gasteiger partial charge in [-0.25, -0.2) is 8.91 Å². The van der Waals surface area contributed by atoms with Gasteiger partial charge in [-0.15, -0.1) is 0 Å². The van der Waals surface area contributed by atoms with E-state index in [4.69, 9.17) is 16.6 Å². The van der Waals surface area contributed by atoms with Crippen molar-refractivity contribution in [1.82, 2.24) is 9.61 Å². The van der Waals surface area contributed by atoms with E-state index in [0.717, 1.165) is 22.4 Å². The van der Waals surface area contributed by atoms with Crippen molar-refractivity contribution in [2.45, 2.75) is 38.6 Å². The smallest absolute Gasteiger partial charge is 0.131 e. The van der Waals surface area contributed by atoms with Gasteiger partial charge in [0.05, 0.1) is 23.0 Å². The molecule has 0 amide bonds. The van der Waals surface area contributed by atoms with Crippen LogP contribution in [0.3, 0.4) is 0 Å². The molecular weight excluding hydrogens is 337 g/mol. The normalized spacial score (nSPS) is 18.1. The predicted molar refractivity (Wildman–Crippen MR) is 99.3 cm³/mol. The zero-order chi connectivity index (χ0) is 18.0. The second-order valence-corrected chi connectivity index (χ2v) is 7.93. The lowest BCUT2D eigenvalue weighted by atomic mass is 9.65. The second kappa shape index (κ2) is 5.15. The molecule has 2 aromatic heterocycles. The molecule has 0 bridgehead atoms. The van der Waals surface area contributed by atoms with Gasteiger partial charge in [0.15, 0.2) is 0 Å². The highest BCUT2D eigenvalue weighted by Gasteiger charge is 2.45. The number of aliphatic imine (C=N–C) groups is 1. The summed E-state index contributed by atoms with van der Waals surface area (Å²) in [7, 11) is 0. The van der Waals surface area contributed by atoms with Crippen molar-refractivity contribution in [3.8, 4) is 0 Å². The van der Waals surface area contributed by atoms with Crippen molar-refractivity contribution >= 4 is 22.8 Å². The first-order chi connectivity index (χ1) is 11.7. The highest BCUT2D eigenvalue weighted by Crippen LogP contribution is 2.45. The van der Waals surface area contributed by atoms with Crippen molar-refractivity contribution in [2.24, 2.45) is 4.99 Å². The molecule has 0 saturated carbocycles. The van der Waals surface area contributed by atoms with Crippen LogP contribution in [0, 0.1) is 5.82 Å². The Morgan fingerprint density at radius 3 is 2.60 bits per heavy atom. The Labute approximate surface area is 151 Å². The number of halogens is 2. The van der Waals surface area contributed by atoms with Crippen molar-refractivity contribution in [3.05, 3.63) is 70.3 Å². The summed E-state index contributed by atoms with van der Waals surface area (Å²) in [5, 5.41) is 4.96. The molecule has 0 spiro atoms. The first-order valence-corrected chi connectivity index (χ1v) is 8.63. The van der Waals surface area contributed by atoms with Gasteiger partial charge in [-0.05, 0) is 38.1 Å². The average Bonchev–Trinajstić information content (AvgIpc) is 2.92. The number of aromatic nitrogens is 2. The van der Waals surface area contributed by atoms with E-state index in [9.17, 15) is 4.39 Å². The Morgan fingerprint density at radius 1 is 1.08 bits per heavy atom. The Hall–Kier alpha value is -2.20. The summed E-state index contributed by atoms with van der Waals surface area (Å²) in [6.45, 7) is 8.18. The number of fused-ring (bicyclic) bond motifs is 2. The van der Waals surface area contributed by atoms with Crippen LogP contribution >= 0.6 is 11.6 Å². The Bertz CT molecular complexity index is 1030. The van der Waals surface area contributed by atoms with Crippen molar-refractivity contribution in [2.75, 3.05) is 0 Å². The molecule has 1 aliphatic rings. The maximum atomic E-state index is 14.8. The maximum absolute atomic E-state index is 14.8. The summed E-state index contributed by atoms with van der Waals surface area (Å²) in [4.78, 5) is 5.00. The van der Waals surface area contributed by atoms with Crippen LogP contribution in [-0.2, 0) is 5.41 Å². The third kappa shape index (κ3) is 2.24. The van der Waals surface area contributed by atoms with Gasteiger partial charge < -0.3 is 0 Å². The molecule has 0 unspecified atom stereocenters. The Morgan fingerprint density at radius 2 is 1.84 bits per heavy atom. The fourth-order valence-electron chi connectivity index (χ4n) is 3.46. The standard InChI is InChI=1S/C20H19ClFN3/c1-19(2)17-14(6-5-7-15(17)22)18(24-20(19,3)4)12-10-13-8-9-16(21)25(13)23-11-12/h5-11H,1-4H3. The minimum Gasteiger partial charge on any atom is -0.277 e. The van der Waals surface area contributed by atoms with Crippen molar-refractivity contribution in [1.29, 1.82) is 0 Å². The first-order valence-electron chi connectivity index (χ1n) is 8.25. The van der Waals surface area contributed by atoms with Gasteiger partial charge in [-0.1, -0.05) is 37.6 Å². The number of rotatable bonds is 1. The summed E-state index contributed by atoms with van der Waals surface area (Å²) >= 11 is 6.12. The van der Waals surface area contributed by atoms with Gasteiger partial charge in [0.1, 0.15) is 11.0 Å². The van der Waals surface area contributed by atoms with Crippen LogP contribution in [0.25, 0.3) is 5.52 Å². The molecule has 3 heterocycles. The molecule has 0 saturated heterocycles. The van der Waals surface area contributed by atoms with E-state index in [-0.39, 0.29) is 5.82 Å². The topological polar surface area (TPSA) is 29.7 Å². The second-order valence-electron chi connectivity index (χ2n) is 7.54. The number of hydrogen-bond donors (Lipinski definition) is 0. The van der Waals surface area contributed by atoms with Crippen LogP contribution in [0.4, 0.5) is 4.39 Å². The molecule has 0 N–H and O–H groups in total. The average molecular weight is 356 g/mol. The van der Waals surface area contributed by atoms with Gasteiger partial charge in [0, 0.05) is 22.1 Å². The van der Waals surface area contributed by atoms with E-state index >= 15 is 0 Å². The number of benzene rings is 1. The van der Waals surface area contributed by atoms with Crippen molar-refractivity contribution in [3.63, 3.8) is 0 Å². The first kappa shape index (κ1) is 16.3. The molecule has 1 aromatic carbocycles. The lowest BCUT2D eigenvalue weighted by molar-refractivity contribution is 0.293. The molecule has 0 atom stereocenters. The van der Waals surface area contributed by atoms with Gasteiger partial charge in [0.25, 0.3) is 0 Å². The molecule has 1 aliphatic heterocycles. The highest BCUT2D eigenvalue weighted by molar-refractivity contribution is 6.30. The third-order valence-corrected chi connectivity index (χ3v) is 5.83. The Kier molecular flexibility index (Phi) is 3.35. The summed E-state index contributed by atoms with van der Waals surface area (Å²) in [5.41, 5.74) is 3.16. The van der Waals surface area contributed by atoms with E-state index in [1.54, 1.807) is 22.8 Å². The minimum absolute atomic E-state index is 0.192. The third-order valence-electron chi connectivity index (χ3n) is 5.54. The number of nitrogens with zero attached hydrogens (tertiary/aromatic N) is 3. The number of hydrogen-bond acceptors (Lipinski definition) is 2.